The van der Waals surface area contributed by atoms with Crippen LogP contribution in [-0.2, 0) is 14.8 Å². The van der Waals surface area contributed by atoms with Gasteiger partial charge in [-0.25, -0.2) is 13.8 Å². The predicted molar refractivity (Wildman–Crippen MR) is 111 cm³/mol. The molecule has 1 N–H and O–H groups in total. The van der Waals surface area contributed by atoms with E-state index in [1.54, 1.807) is 24.3 Å². The second-order valence-electron chi connectivity index (χ2n) is 6.58. The number of methoxy groups -OCH3 is 1. The Hall–Kier alpha value is -2.87. The molecule has 0 fully saturated rings. The number of hydrazone groups is 1. The Balaban J connectivity index is 2.03. The topological polar surface area (TPSA) is 88.1 Å². The highest BCUT2D eigenvalue weighted by molar-refractivity contribution is 7.92. The molecule has 7 nitrogen and oxygen atoms in total. The summed E-state index contributed by atoms with van der Waals surface area (Å²) in [6.07, 6.45) is 2.56. The van der Waals surface area contributed by atoms with Gasteiger partial charge in [0.05, 0.1) is 25.3 Å². The molecular weight excluding hydrogens is 378 g/mol. The van der Waals surface area contributed by atoms with Crippen molar-refractivity contribution in [3.05, 3.63) is 59.7 Å². The molecule has 0 radical (unpaired) electrons. The van der Waals surface area contributed by atoms with Crippen LogP contribution in [-0.4, -0.2) is 40.4 Å². The van der Waals surface area contributed by atoms with Gasteiger partial charge in [0, 0.05) is 0 Å². The van der Waals surface area contributed by atoms with Crippen molar-refractivity contribution in [2.45, 2.75) is 19.8 Å². The minimum atomic E-state index is -3.64. The summed E-state index contributed by atoms with van der Waals surface area (Å²) in [6, 6.07) is 14.2. The second kappa shape index (κ2) is 9.36. The van der Waals surface area contributed by atoms with E-state index in [-0.39, 0.29) is 6.54 Å². The molecule has 0 aliphatic rings. The van der Waals surface area contributed by atoms with E-state index in [2.05, 4.69) is 24.4 Å². The first-order valence-corrected chi connectivity index (χ1v) is 10.6. The van der Waals surface area contributed by atoms with Crippen LogP contribution in [0.1, 0.15) is 30.9 Å². The van der Waals surface area contributed by atoms with Gasteiger partial charge in [-0.15, -0.1) is 0 Å². The summed E-state index contributed by atoms with van der Waals surface area (Å²) in [5.41, 5.74) is 4.78. The number of rotatable bonds is 8. The first kappa shape index (κ1) is 21.4. The standard InChI is InChI=1S/C20H25N3O4S/c1-15(2)17-7-5-16(6-8-17)13-21-22-20(24)14-23(28(4,25)26)18-9-11-19(27-3)12-10-18/h5-13,15H,14H2,1-4H3,(H,22,24)/b21-13+. The molecule has 0 saturated heterocycles. The number of amides is 1. The fourth-order valence-electron chi connectivity index (χ4n) is 2.46. The van der Waals surface area contributed by atoms with E-state index in [0.717, 1.165) is 16.1 Å². The number of hydrogen-bond donors (Lipinski definition) is 1. The van der Waals surface area contributed by atoms with Crippen LogP contribution < -0.4 is 14.5 Å². The largest absolute Gasteiger partial charge is 0.497 e. The summed E-state index contributed by atoms with van der Waals surface area (Å²) in [7, 11) is -2.12. The monoisotopic (exact) mass is 403 g/mol. The summed E-state index contributed by atoms with van der Waals surface area (Å²) in [4.78, 5) is 12.2. The Bertz CT molecular complexity index is 921. The Labute approximate surface area is 166 Å². The van der Waals surface area contributed by atoms with E-state index in [4.69, 9.17) is 4.74 Å². The lowest BCUT2D eigenvalue weighted by Crippen LogP contribution is -2.39. The van der Waals surface area contributed by atoms with Crippen molar-refractivity contribution >= 4 is 27.8 Å². The Morgan fingerprint density at radius 2 is 1.75 bits per heavy atom. The molecule has 0 atom stereocenters. The van der Waals surface area contributed by atoms with E-state index in [1.807, 2.05) is 24.3 Å². The van der Waals surface area contributed by atoms with E-state index in [9.17, 15) is 13.2 Å². The molecule has 2 aromatic carbocycles. The molecule has 0 aromatic heterocycles. The van der Waals surface area contributed by atoms with Gasteiger partial charge < -0.3 is 4.74 Å². The SMILES string of the molecule is COc1ccc(N(CC(=O)N/N=C/c2ccc(C(C)C)cc2)S(C)(=O)=O)cc1. The first-order valence-electron chi connectivity index (χ1n) is 8.74. The summed E-state index contributed by atoms with van der Waals surface area (Å²) < 4.78 is 30.2. The zero-order chi connectivity index (χ0) is 20.7. The minimum Gasteiger partial charge on any atom is -0.497 e. The number of benzene rings is 2. The molecule has 0 aliphatic heterocycles. The number of carbonyl (C=O) groups is 1. The third-order valence-electron chi connectivity index (χ3n) is 4.05. The van der Waals surface area contributed by atoms with Gasteiger partial charge in [0.15, 0.2) is 0 Å². The molecule has 0 aliphatic carbocycles. The lowest BCUT2D eigenvalue weighted by Gasteiger charge is -2.21. The van der Waals surface area contributed by atoms with Crippen molar-refractivity contribution in [2.75, 3.05) is 24.2 Å². The van der Waals surface area contributed by atoms with Crippen molar-refractivity contribution < 1.29 is 17.9 Å². The maximum absolute atomic E-state index is 12.2. The third kappa shape index (κ3) is 6.09. The number of carbonyl (C=O) groups excluding carboxylic acids is 1. The highest BCUT2D eigenvalue weighted by Gasteiger charge is 2.20. The van der Waals surface area contributed by atoms with Crippen LogP contribution in [0.15, 0.2) is 53.6 Å². The van der Waals surface area contributed by atoms with Crippen molar-refractivity contribution in [2.24, 2.45) is 5.10 Å². The van der Waals surface area contributed by atoms with E-state index in [0.29, 0.717) is 17.4 Å². The smallest absolute Gasteiger partial charge is 0.260 e. The average molecular weight is 404 g/mol. The molecule has 0 saturated carbocycles. The molecule has 8 heteroatoms. The van der Waals surface area contributed by atoms with Gasteiger partial charge in [-0.2, -0.15) is 5.10 Å². The predicted octanol–water partition coefficient (Wildman–Crippen LogP) is 2.73. The van der Waals surface area contributed by atoms with Crippen LogP contribution in [0.2, 0.25) is 0 Å². The number of anilines is 1. The molecule has 0 unspecified atom stereocenters. The van der Waals surface area contributed by atoms with Crippen LogP contribution in [0.4, 0.5) is 5.69 Å². The third-order valence-corrected chi connectivity index (χ3v) is 5.19. The lowest BCUT2D eigenvalue weighted by atomic mass is 10.0. The molecular formula is C20H25N3O4S. The molecule has 0 spiro atoms. The van der Waals surface area contributed by atoms with Crippen molar-refractivity contribution in [3.63, 3.8) is 0 Å². The van der Waals surface area contributed by atoms with Crippen LogP contribution >= 0.6 is 0 Å². The van der Waals surface area contributed by atoms with Crippen molar-refractivity contribution in [1.29, 1.82) is 0 Å². The second-order valence-corrected chi connectivity index (χ2v) is 8.49. The molecule has 1 amide bonds. The van der Waals surface area contributed by atoms with Crippen LogP contribution in [0.3, 0.4) is 0 Å². The van der Waals surface area contributed by atoms with E-state index < -0.39 is 15.9 Å². The maximum Gasteiger partial charge on any atom is 0.260 e. The van der Waals surface area contributed by atoms with E-state index in [1.165, 1.54) is 18.9 Å². The number of ether oxygens (including phenoxy) is 1. The van der Waals surface area contributed by atoms with Crippen LogP contribution in [0, 0.1) is 0 Å². The van der Waals surface area contributed by atoms with Crippen molar-refractivity contribution in [1.82, 2.24) is 5.43 Å². The fraction of sp³-hybridized carbons (Fsp3) is 0.300. The van der Waals surface area contributed by atoms with Crippen LogP contribution in [0.25, 0.3) is 0 Å². The zero-order valence-electron chi connectivity index (χ0n) is 16.4. The number of sulfonamides is 1. The molecule has 2 rings (SSSR count). The lowest BCUT2D eigenvalue weighted by molar-refractivity contribution is -0.119. The van der Waals surface area contributed by atoms with Crippen molar-refractivity contribution in [3.8, 4) is 5.75 Å². The van der Waals surface area contributed by atoms with Gasteiger partial charge in [0.2, 0.25) is 10.0 Å². The van der Waals surface area contributed by atoms with Gasteiger partial charge in [0.1, 0.15) is 12.3 Å². The highest BCUT2D eigenvalue weighted by atomic mass is 32.2. The number of nitrogens with zero attached hydrogens (tertiary/aromatic N) is 2. The fourth-order valence-corrected chi connectivity index (χ4v) is 3.32. The molecule has 0 heterocycles. The average Bonchev–Trinajstić information content (AvgIpc) is 2.66. The summed E-state index contributed by atoms with van der Waals surface area (Å²) >= 11 is 0. The van der Waals surface area contributed by atoms with Crippen LogP contribution in [0.5, 0.6) is 5.75 Å². The molecule has 0 bridgehead atoms. The normalized spacial score (nSPS) is 11.6. The zero-order valence-corrected chi connectivity index (χ0v) is 17.2. The summed E-state index contributed by atoms with van der Waals surface area (Å²) in [5, 5.41) is 3.91. The van der Waals surface area contributed by atoms with Gasteiger partial charge in [0.25, 0.3) is 5.91 Å². The van der Waals surface area contributed by atoms with Gasteiger partial charge >= 0.3 is 0 Å². The quantitative estimate of drug-likeness (QED) is 0.542. The number of hydrogen-bond acceptors (Lipinski definition) is 5. The van der Waals surface area contributed by atoms with E-state index >= 15 is 0 Å². The van der Waals surface area contributed by atoms with Gasteiger partial charge in [-0.3, -0.25) is 9.10 Å². The summed E-state index contributed by atoms with van der Waals surface area (Å²) in [6.45, 7) is 3.84. The van der Waals surface area contributed by atoms with Gasteiger partial charge in [-0.1, -0.05) is 38.1 Å². The maximum atomic E-state index is 12.2. The molecule has 28 heavy (non-hydrogen) atoms. The molecule has 2 aromatic rings. The summed E-state index contributed by atoms with van der Waals surface area (Å²) in [5.74, 6) is 0.483. The number of nitrogens with one attached hydrogen (secondary N) is 1. The Morgan fingerprint density at radius 1 is 1.14 bits per heavy atom. The van der Waals surface area contributed by atoms with Gasteiger partial charge in [-0.05, 0) is 41.3 Å². The molecule has 150 valence electrons. The minimum absolute atomic E-state index is 0.367. The first-order chi connectivity index (χ1) is 13.2. The Morgan fingerprint density at radius 3 is 2.25 bits per heavy atom. The highest BCUT2D eigenvalue weighted by Crippen LogP contribution is 2.21. The Kier molecular flexibility index (Phi) is 7.17.